The predicted molar refractivity (Wildman–Crippen MR) is 60.7 cm³/mol. The molecule has 0 radical (unpaired) electrons. The third-order valence-corrected chi connectivity index (χ3v) is 2.58. The van der Waals surface area contributed by atoms with Gasteiger partial charge in [0.05, 0.1) is 12.7 Å². The van der Waals surface area contributed by atoms with Crippen LogP contribution in [0.25, 0.3) is 0 Å². The van der Waals surface area contributed by atoms with Gasteiger partial charge in [-0.1, -0.05) is 30.3 Å². The second-order valence-corrected chi connectivity index (χ2v) is 3.86. The lowest BCUT2D eigenvalue weighted by atomic mass is 10.2. The van der Waals surface area contributed by atoms with E-state index in [1.807, 2.05) is 6.07 Å². The lowest BCUT2D eigenvalue weighted by Crippen LogP contribution is -2.18. The Morgan fingerprint density at radius 1 is 1.17 bits per heavy atom. The van der Waals surface area contributed by atoms with Gasteiger partial charge in [0.1, 0.15) is 5.69 Å². The number of hydrogen-bond acceptors (Lipinski definition) is 2. The van der Waals surface area contributed by atoms with Gasteiger partial charge in [-0.2, -0.15) is 18.3 Å². The fraction of sp³-hybridized carbons (Fsp3) is 0.250. The lowest BCUT2D eigenvalue weighted by molar-refractivity contribution is -0.144. The molecule has 0 aliphatic carbocycles. The van der Waals surface area contributed by atoms with Crippen molar-refractivity contribution in [3.63, 3.8) is 0 Å². The molecule has 0 atom stereocenters. The predicted octanol–water partition coefficient (Wildman–Crippen LogP) is 2.41. The zero-order chi connectivity index (χ0) is 13.2. The maximum atomic E-state index is 12.9. The van der Waals surface area contributed by atoms with Crippen molar-refractivity contribution in [3.05, 3.63) is 53.3 Å². The molecule has 0 fully saturated rings. The molecule has 2 N–H and O–H groups in total. The smallest absolute Gasteiger partial charge is 0.326 e. The second kappa shape index (κ2) is 4.81. The Labute approximate surface area is 102 Å². The van der Waals surface area contributed by atoms with Gasteiger partial charge in [0.15, 0.2) is 0 Å². The Balaban J connectivity index is 2.37. The van der Waals surface area contributed by atoms with E-state index in [2.05, 4.69) is 5.10 Å². The van der Waals surface area contributed by atoms with E-state index < -0.39 is 11.9 Å². The highest BCUT2D eigenvalue weighted by molar-refractivity contribution is 5.23. The summed E-state index contributed by atoms with van der Waals surface area (Å²) >= 11 is 0. The van der Waals surface area contributed by atoms with Crippen molar-refractivity contribution in [3.8, 4) is 0 Å². The van der Waals surface area contributed by atoms with E-state index in [4.69, 9.17) is 5.73 Å². The summed E-state index contributed by atoms with van der Waals surface area (Å²) in [6.07, 6.45) is -3.27. The van der Waals surface area contributed by atoms with Crippen LogP contribution in [0.5, 0.6) is 0 Å². The summed E-state index contributed by atoms with van der Waals surface area (Å²) in [7, 11) is 0. The van der Waals surface area contributed by atoms with E-state index in [9.17, 15) is 13.2 Å². The maximum absolute atomic E-state index is 12.9. The highest BCUT2D eigenvalue weighted by Crippen LogP contribution is 2.32. The molecule has 0 aliphatic heterocycles. The molecule has 0 saturated heterocycles. The molecule has 0 saturated carbocycles. The average Bonchev–Trinajstić information content (AvgIpc) is 2.73. The van der Waals surface area contributed by atoms with Crippen LogP contribution in [0.15, 0.2) is 36.5 Å². The van der Waals surface area contributed by atoms with Gasteiger partial charge in [0, 0.05) is 12.1 Å². The van der Waals surface area contributed by atoms with Gasteiger partial charge < -0.3 is 5.73 Å². The van der Waals surface area contributed by atoms with Gasteiger partial charge in [-0.25, -0.2) is 0 Å². The zero-order valence-electron chi connectivity index (χ0n) is 9.48. The molecule has 0 unspecified atom stereocenters. The van der Waals surface area contributed by atoms with E-state index in [0.717, 1.165) is 10.2 Å². The largest absolute Gasteiger partial charge is 0.433 e. The fourth-order valence-electron chi connectivity index (χ4n) is 1.78. The molecule has 1 aromatic heterocycles. The molecule has 18 heavy (non-hydrogen) atoms. The summed E-state index contributed by atoms with van der Waals surface area (Å²) in [4.78, 5) is 0. The van der Waals surface area contributed by atoms with Crippen LogP contribution in [0.3, 0.4) is 0 Å². The van der Waals surface area contributed by atoms with Gasteiger partial charge in [0.2, 0.25) is 0 Å². The molecule has 0 bridgehead atoms. The summed E-state index contributed by atoms with van der Waals surface area (Å²) in [5.74, 6) is 0. The number of halogens is 3. The molecule has 2 rings (SSSR count). The average molecular weight is 255 g/mol. The normalized spacial score (nSPS) is 11.8. The van der Waals surface area contributed by atoms with Crippen LogP contribution in [0.4, 0.5) is 13.2 Å². The SMILES string of the molecule is NCc1cnn(Cc2ccccc2)c1C(F)(F)F. The lowest BCUT2D eigenvalue weighted by Gasteiger charge is -2.12. The van der Waals surface area contributed by atoms with Gasteiger partial charge in [-0.05, 0) is 5.56 Å². The van der Waals surface area contributed by atoms with Gasteiger partial charge in [0.25, 0.3) is 0 Å². The fourth-order valence-corrected chi connectivity index (χ4v) is 1.78. The summed E-state index contributed by atoms with van der Waals surface area (Å²) < 4.78 is 39.7. The van der Waals surface area contributed by atoms with Crippen LogP contribution in [0.1, 0.15) is 16.8 Å². The Bertz CT molecular complexity index is 517. The Morgan fingerprint density at radius 3 is 2.39 bits per heavy atom. The summed E-state index contributed by atoms with van der Waals surface area (Å²) in [5.41, 5.74) is 5.30. The minimum atomic E-state index is -4.44. The highest BCUT2D eigenvalue weighted by atomic mass is 19.4. The summed E-state index contributed by atoms with van der Waals surface area (Å²) in [6, 6.07) is 8.86. The van der Waals surface area contributed by atoms with Crippen molar-refractivity contribution in [2.75, 3.05) is 0 Å². The van der Waals surface area contributed by atoms with Crippen LogP contribution in [0, 0.1) is 0 Å². The Hall–Kier alpha value is -1.82. The number of rotatable bonds is 3. The molecule has 3 nitrogen and oxygen atoms in total. The maximum Gasteiger partial charge on any atom is 0.433 e. The number of nitrogens with zero attached hydrogens (tertiary/aromatic N) is 2. The quantitative estimate of drug-likeness (QED) is 0.915. The third-order valence-electron chi connectivity index (χ3n) is 2.58. The van der Waals surface area contributed by atoms with Crippen molar-refractivity contribution in [2.45, 2.75) is 19.3 Å². The molecule has 2 aromatic rings. The van der Waals surface area contributed by atoms with Crippen LogP contribution in [-0.4, -0.2) is 9.78 Å². The molecule has 96 valence electrons. The first-order valence-electron chi connectivity index (χ1n) is 5.38. The molecule has 0 aliphatic rings. The first kappa shape index (κ1) is 12.6. The number of benzene rings is 1. The van der Waals surface area contributed by atoms with Gasteiger partial charge >= 0.3 is 6.18 Å². The van der Waals surface area contributed by atoms with Crippen molar-refractivity contribution in [2.24, 2.45) is 5.73 Å². The van der Waals surface area contributed by atoms with E-state index in [0.29, 0.717) is 0 Å². The molecule has 6 heteroatoms. The van der Waals surface area contributed by atoms with E-state index >= 15 is 0 Å². The first-order valence-corrected chi connectivity index (χ1v) is 5.38. The molecular weight excluding hydrogens is 243 g/mol. The topological polar surface area (TPSA) is 43.8 Å². The minimum absolute atomic E-state index is 0.0124. The van der Waals surface area contributed by atoms with E-state index in [1.54, 1.807) is 24.3 Å². The van der Waals surface area contributed by atoms with Crippen molar-refractivity contribution in [1.82, 2.24) is 9.78 Å². The van der Waals surface area contributed by atoms with Crippen molar-refractivity contribution in [1.29, 1.82) is 0 Å². The summed E-state index contributed by atoms with van der Waals surface area (Å²) in [6.45, 7) is -0.0979. The van der Waals surface area contributed by atoms with E-state index in [1.165, 1.54) is 6.20 Å². The second-order valence-electron chi connectivity index (χ2n) is 3.86. The minimum Gasteiger partial charge on any atom is -0.326 e. The Kier molecular flexibility index (Phi) is 3.38. The van der Waals surface area contributed by atoms with Gasteiger partial charge in [-0.3, -0.25) is 4.68 Å². The highest BCUT2D eigenvalue weighted by Gasteiger charge is 2.37. The van der Waals surface area contributed by atoms with Crippen LogP contribution in [-0.2, 0) is 19.3 Å². The standard InChI is InChI=1S/C12H12F3N3/c13-12(14,15)11-10(6-16)7-17-18(11)8-9-4-2-1-3-5-9/h1-5,7H,6,8,16H2. The number of hydrogen-bond donors (Lipinski definition) is 1. The molecule has 0 spiro atoms. The number of alkyl halides is 3. The van der Waals surface area contributed by atoms with Crippen LogP contribution >= 0.6 is 0 Å². The number of aromatic nitrogens is 2. The van der Waals surface area contributed by atoms with Crippen molar-refractivity contribution >= 4 is 0 Å². The monoisotopic (exact) mass is 255 g/mol. The summed E-state index contributed by atoms with van der Waals surface area (Å²) in [5, 5.41) is 3.77. The molecular formula is C12H12F3N3. The Morgan fingerprint density at radius 2 is 1.83 bits per heavy atom. The number of nitrogens with two attached hydrogens (primary N) is 1. The first-order chi connectivity index (χ1) is 8.52. The van der Waals surface area contributed by atoms with Crippen LogP contribution in [0.2, 0.25) is 0 Å². The molecule has 0 amide bonds. The van der Waals surface area contributed by atoms with E-state index in [-0.39, 0.29) is 18.7 Å². The third kappa shape index (κ3) is 2.53. The van der Waals surface area contributed by atoms with Crippen LogP contribution < -0.4 is 5.73 Å². The molecule has 1 aromatic carbocycles. The van der Waals surface area contributed by atoms with Gasteiger partial charge in [-0.15, -0.1) is 0 Å². The zero-order valence-corrected chi connectivity index (χ0v) is 9.48. The molecule has 1 heterocycles. The van der Waals surface area contributed by atoms with Crippen molar-refractivity contribution < 1.29 is 13.2 Å².